The summed E-state index contributed by atoms with van der Waals surface area (Å²) in [5.41, 5.74) is -2.61. The molecule has 0 aliphatic carbocycles. The molecule has 0 fully saturated rings. The maximum atomic E-state index is 12.5. The van der Waals surface area contributed by atoms with Crippen LogP contribution in [-0.4, -0.2) is 33.0 Å². The fourth-order valence-corrected chi connectivity index (χ4v) is 1.63. The number of halogens is 3. The zero-order chi connectivity index (χ0) is 15.5. The maximum Gasteiger partial charge on any atom is 0.416 e. The van der Waals surface area contributed by atoms with Crippen LogP contribution in [0.2, 0.25) is 0 Å². The molecule has 0 saturated heterocycles. The first kappa shape index (κ1) is 16.3. The molecule has 1 rings (SSSR count). The minimum Gasteiger partial charge on any atom is -0.396 e. The Hall–Kier alpha value is -1.71. The Morgan fingerprint density at radius 1 is 1.30 bits per heavy atom. The molecule has 0 aliphatic rings. The second-order valence-electron chi connectivity index (χ2n) is 4.05. The predicted octanol–water partition coefficient (Wildman–Crippen LogP) is 1.39. The van der Waals surface area contributed by atoms with Gasteiger partial charge in [0.15, 0.2) is 0 Å². The van der Waals surface area contributed by atoms with Crippen molar-refractivity contribution in [1.29, 1.82) is 0 Å². The molecule has 0 aliphatic heterocycles. The molecule has 0 amide bonds. The van der Waals surface area contributed by atoms with Crippen LogP contribution in [0, 0.1) is 10.1 Å². The Bertz CT molecular complexity index is 491. The number of nitro groups is 1. The molecule has 1 aromatic carbocycles. The van der Waals surface area contributed by atoms with Crippen molar-refractivity contribution >= 4 is 5.69 Å². The minimum absolute atomic E-state index is 0.265. The lowest BCUT2D eigenvalue weighted by Crippen LogP contribution is -2.21. The highest BCUT2D eigenvalue weighted by Gasteiger charge is 2.34. The Balaban J connectivity index is 3.24. The first-order chi connectivity index (χ1) is 9.18. The molecular formula is C11H12F3NO5. The third kappa shape index (κ3) is 3.65. The van der Waals surface area contributed by atoms with E-state index in [2.05, 4.69) is 0 Å². The standard InChI is InChI=1S/C11H12F3NO5/c12-11(13,14)6-1-2-7(8(5-6)15(19)20)10(18)9(17)3-4-16/h1-2,5,9-10,16-18H,3-4H2. The van der Waals surface area contributed by atoms with Gasteiger partial charge >= 0.3 is 6.18 Å². The summed E-state index contributed by atoms with van der Waals surface area (Å²) in [6, 6.07) is 1.62. The molecule has 1 aromatic rings. The molecule has 0 heterocycles. The van der Waals surface area contributed by atoms with Crippen LogP contribution >= 0.6 is 0 Å². The lowest BCUT2D eigenvalue weighted by molar-refractivity contribution is -0.386. The number of hydrogen-bond acceptors (Lipinski definition) is 5. The normalized spacial score (nSPS) is 14.9. The van der Waals surface area contributed by atoms with Crippen LogP contribution < -0.4 is 0 Å². The van der Waals surface area contributed by atoms with Crippen LogP contribution in [0.4, 0.5) is 18.9 Å². The quantitative estimate of drug-likeness (QED) is 0.562. The fourth-order valence-electron chi connectivity index (χ4n) is 1.63. The highest BCUT2D eigenvalue weighted by atomic mass is 19.4. The Labute approximate surface area is 111 Å². The number of nitrogens with zero attached hydrogens (tertiary/aromatic N) is 1. The largest absolute Gasteiger partial charge is 0.416 e. The van der Waals surface area contributed by atoms with Gasteiger partial charge in [0.25, 0.3) is 5.69 Å². The Kier molecular flexibility index (Phi) is 5.03. The fraction of sp³-hybridized carbons (Fsp3) is 0.455. The van der Waals surface area contributed by atoms with Gasteiger partial charge in [0.1, 0.15) is 6.10 Å². The van der Waals surface area contributed by atoms with Gasteiger partial charge in [-0.2, -0.15) is 13.2 Å². The van der Waals surface area contributed by atoms with E-state index in [1.165, 1.54) is 0 Å². The summed E-state index contributed by atoms with van der Waals surface area (Å²) in [5, 5.41) is 38.5. The van der Waals surface area contributed by atoms with Crippen LogP contribution in [0.5, 0.6) is 0 Å². The topological polar surface area (TPSA) is 104 Å². The molecule has 112 valence electrons. The summed E-state index contributed by atoms with van der Waals surface area (Å²) in [4.78, 5) is 9.71. The van der Waals surface area contributed by atoms with Crippen molar-refractivity contribution < 1.29 is 33.4 Å². The summed E-state index contributed by atoms with van der Waals surface area (Å²) >= 11 is 0. The van der Waals surface area contributed by atoms with Crippen molar-refractivity contribution in [1.82, 2.24) is 0 Å². The first-order valence-corrected chi connectivity index (χ1v) is 5.51. The van der Waals surface area contributed by atoms with Crippen molar-refractivity contribution in [2.45, 2.75) is 24.8 Å². The van der Waals surface area contributed by atoms with Gasteiger partial charge in [-0.05, 0) is 18.6 Å². The molecule has 3 N–H and O–H groups in total. The van der Waals surface area contributed by atoms with E-state index >= 15 is 0 Å². The Morgan fingerprint density at radius 2 is 1.90 bits per heavy atom. The molecule has 9 heteroatoms. The van der Waals surface area contributed by atoms with Gasteiger partial charge in [-0.25, -0.2) is 0 Å². The molecule has 2 atom stereocenters. The number of benzene rings is 1. The summed E-state index contributed by atoms with van der Waals surface area (Å²) < 4.78 is 37.4. The van der Waals surface area contributed by atoms with Crippen molar-refractivity contribution in [3.63, 3.8) is 0 Å². The second kappa shape index (κ2) is 6.16. The average Bonchev–Trinajstić information content (AvgIpc) is 2.36. The molecule has 0 bridgehead atoms. The number of nitro benzene ring substituents is 1. The summed E-state index contributed by atoms with van der Waals surface area (Å²) in [7, 11) is 0. The minimum atomic E-state index is -4.75. The molecule has 20 heavy (non-hydrogen) atoms. The van der Waals surface area contributed by atoms with Crippen LogP contribution in [0.25, 0.3) is 0 Å². The number of aliphatic hydroxyl groups excluding tert-OH is 3. The van der Waals surface area contributed by atoms with E-state index in [4.69, 9.17) is 5.11 Å². The van der Waals surface area contributed by atoms with Gasteiger partial charge in [0.05, 0.1) is 22.2 Å². The third-order valence-electron chi connectivity index (χ3n) is 2.66. The van der Waals surface area contributed by atoms with E-state index in [1.54, 1.807) is 0 Å². The zero-order valence-corrected chi connectivity index (χ0v) is 10.0. The number of aliphatic hydroxyl groups is 3. The highest BCUT2D eigenvalue weighted by Crippen LogP contribution is 2.35. The smallest absolute Gasteiger partial charge is 0.396 e. The van der Waals surface area contributed by atoms with E-state index in [-0.39, 0.29) is 6.42 Å². The van der Waals surface area contributed by atoms with Crippen molar-refractivity contribution in [2.75, 3.05) is 6.61 Å². The molecule has 0 aromatic heterocycles. The van der Waals surface area contributed by atoms with E-state index in [0.29, 0.717) is 12.1 Å². The molecule has 2 unspecified atom stereocenters. The molecular weight excluding hydrogens is 283 g/mol. The molecule has 0 saturated carbocycles. The monoisotopic (exact) mass is 295 g/mol. The zero-order valence-electron chi connectivity index (χ0n) is 10.0. The van der Waals surface area contributed by atoms with Gasteiger partial charge in [0.2, 0.25) is 0 Å². The van der Waals surface area contributed by atoms with Gasteiger partial charge in [-0.15, -0.1) is 0 Å². The number of alkyl halides is 3. The summed E-state index contributed by atoms with van der Waals surface area (Å²) in [6.07, 6.45) is -8.29. The second-order valence-corrected chi connectivity index (χ2v) is 4.05. The average molecular weight is 295 g/mol. The van der Waals surface area contributed by atoms with Crippen molar-refractivity contribution in [3.05, 3.63) is 39.4 Å². The van der Waals surface area contributed by atoms with Crippen LogP contribution in [0.15, 0.2) is 18.2 Å². The third-order valence-corrected chi connectivity index (χ3v) is 2.66. The maximum absolute atomic E-state index is 12.5. The van der Waals surface area contributed by atoms with Gasteiger partial charge in [-0.1, -0.05) is 0 Å². The van der Waals surface area contributed by atoms with Crippen molar-refractivity contribution in [3.8, 4) is 0 Å². The highest BCUT2D eigenvalue weighted by molar-refractivity contribution is 5.45. The Morgan fingerprint density at radius 3 is 2.35 bits per heavy atom. The lowest BCUT2D eigenvalue weighted by atomic mass is 9.99. The predicted molar refractivity (Wildman–Crippen MR) is 60.8 cm³/mol. The van der Waals surface area contributed by atoms with Crippen LogP contribution in [0.3, 0.4) is 0 Å². The first-order valence-electron chi connectivity index (χ1n) is 5.51. The SMILES string of the molecule is O=[N+]([O-])c1cc(C(F)(F)F)ccc1C(O)C(O)CCO. The summed E-state index contributed by atoms with van der Waals surface area (Å²) in [5.74, 6) is 0. The molecule has 6 nitrogen and oxygen atoms in total. The van der Waals surface area contributed by atoms with Gasteiger partial charge in [0, 0.05) is 12.7 Å². The van der Waals surface area contributed by atoms with Gasteiger partial charge < -0.3 is 15.3 Å². The van der Waals surface area contributed by atoms with E-state index in [0.717, 1.165) is 6.07 Å². The number of rotatable bonds is 5. The van der Waals surface area contributed by atoms with Crippen LogP contribution in [-0.2, 0) is 6.18 Å². The number of hydrogen-bond donors (Lipinski definition) is 3. The molecule has 0 radical (unpaired) electrons. The van der Waals surface area contributed by atoms with Crippen molar-refractivity contribution in [2.24, 2.45) is 0 Å². The van der Waals surface area contributed by atoms with E-state index in [1.807, 2.05) is 0 Å². The van der Waals surface area contributed by atoms with E-state index in [9.17, 15) is 33.5 Å². The lowest BCUT2D eigenvalue weighted by Gasteiger charge is -2.18. The van der Waals surface area contributed by atoms with Crippen LogP contribution in [0.1, 0.15) is 23.7 Å². The van der Waals surface area contributed by atoms with Gasteiger partial charge in [-0.3, -0.25) is 10.1 Å². The van der Waals surface area contributed by atoms with E-state index < -0.39 is 46.7 Å². The molecule has 0 spiro atoms. The summed E-state index contributed by atoms with van der Waals surface area (Å²) in [6.45, 7) is -0.480.